The highest BCUT2D eigenvalue weighted by atomic mass is 16.5. The predicted molar refractivity (Wildman–Crippen MR) is 171 cm³/mol. The Bertz CT molecular complexity index is 1570. The van der Waals surface area contributed by atoms with Crippen LogP contribution in [0.5, 0.6) is 23.0 Å². The molecule has 0 radical (unpaired) electrons. The summed E-state index contributed by atoms with van der Waals surface area (Å²) in [5.41, 5.74) is 4.08. The smallest absolute Gasteiger partial charge is 0.257 e. The molecule has 4 heterocycles. The molecule has 2 amide bonds. The number of aliphatic imine (C=N–C) groups is 1. The van der Waals surface area contributed by atoms with Gasteiger partial charge in [-0.1, -0.05) is 24.3 Å². The summed E-state index contributed by atoms with van der Waals surface area (Å²) in [6.45, 7) is 9.91. The van der Waals surface area contributed by atoms with E-state index in [0.717, 1.165) is 36.8 Å². The van der Waals surface area contributed by atoms with E-state index in [4.69, 9.17) is 18.9 Å². The Morgan fingerprint density at radius 2 is 1.42 bits per heavy atom. The molecule has 0 aromatic heterocycles. The van der Waals surface area contributed by atoms with Crippen LogP contribution in [0, 0.1) is 0 Å². The molecule has 0 saturated carbocycles. The molecule has 2 aromatic carbocycles. The van der Waals surface area contributed by atoms with E-state index in [-0.39, 0.29) is 23.9 Å². The molecule has 4 aliphatic heterocycles. The number of likely N-dealkylation sites (N-methyl/N-ethyl adjacent to an activating group) is 1. The molecule has 45 heavy (non-hydrogen) atoms. The molecular weight excluding hydrogens is 576 g/mol. The lowest BCUT2D eigenvalue weighted by Gasteiger charge is -2.30. The zero-order valence-electron chi connectivity index (χ0n) is 26.1. The number of methoxy groups -OCH3 is 2. The van der Waals surface area contributed by atoms with Crippen LogP contribution < -0.4 is 23.8 Å². The van der Waals surface area contributed by atoms with Gasteiger partial charge in [0.25, 0.3) is 11.8 Å². The number of carbonyl (C=O) groups is 2. The second-order valence-electron chi connectivity index (χ2n) is 12.0. The van der Waals surface area contributed by atoms with Crippen LogP contribution in [0.25, 0.3) is 0 Å². The first kappa shape index (κ1) is 30.5. The first-order valence-electron chi connectivity index (χ1n) is 15.3. The molecule has 4 aliphatic rings. The van der Waals surface area contributed by atoms with E-state index < -0.39 is 6.23 Å². The summed E-state index contributed by atoms with van der Waals surface area (Å²) in [7, 11) is 4.88. The molecule has 11 heteroatoms. The lowest BCUT2D eigenvalue weighted by Crippen LogP contribution is -2.47. The van der Waals surface area contributed by atoms with Crippen LogP contribution in [-0.2, 0) is 0 Å². The van der Waals surface area contributed by atoms with Gasteiger partial charge in [0, 0.05) is 38.5 Å². The fourth-order valence-electron chi connectivity index (χ4n) is 6.51. The van der Waals surface area contributed by atoms with Crippen molar-refractivity contribution >= 4 is 29.4 Å². The Hall–Kier alpha value is -4.51. The highest BCUT2D eigenvalue weighted by molar-refractivity contribution is 6.04. The SMILES string of the molecule is C=C1C[C@H]2C=Nc3cc(OCCCCCOc4cc5c(cc4OC)C(=O)N4CC(=C)C[C@H]4[C@H](O)N5C)c(OC)cc3C(=O)N2C1. The van der Waals surface area contributed by atoms with E-state index in [9.17, 15) is 14.7 Å². The fourth-order valence-corrected chi connectivity index (χ4v) is 6.51. The molecule has 0 unspecified atom stereocenters. The maximum Gasteiger partial charge on any atom is 0.257 e. The van der Waals surface area contributed by atoms with Crippen LogP contribution in [0.2, 0.25) is 0 Å². The molecule has 1 N–H and O–H groups in total. The Kier molecular flexibility index (Phi) is 8.46. The van der Waals surface area contributed by atoms with Crippen molar-refractivity contribution < 1.29 is 33.6 Å². The minimum Gasteiger partial charge on any atom is -0.493 e. The quantitative estimate of drug-likeness (QED) is 0.310. The van der Waals surface area contributed by atoms with E-state index in [1.54, 1.807) is 60.2 Å². The lowest BCUT2D eigenvalue weighted by molar-refractivity contribution is 0.0527. The molecule has 0 bridgehead atoms. The molecule has 2 fully saturated rings. The van der Waals surface area contributed by atoms with Gasteiger partial charge in [-0.3, -0.25) is 14.6 Å². The molecule has 238 valence electrons. The van der Waals surface area contributed by atoms with E-state index in [1.165, 1.54) is 0 Å². The van der Waals surface area contributed by atoms with E-state index in [0.29, 0.717) is 78.2 Å². The highest BCUT2D eigenvalue weighted by Gasteiger charge is 2.42. The van der Waals surface area contributed by atoms with Gasteiger partial charge in [-0.15, -0.1) is 0 Å². The topological polar surface area (TPSA) is 113 Å². The first-order chi connectivity index (χ1) is 21.7. The molecular formula is C34H40N4O7. The summed E-state index contributed by atoms with van der Waals surface area (Å²) in [5, 5.41) is 11.0. The molecule has 2 aromatic rings. The van der Waals surface area contributed by atoms with Gasteiger partial charge in [0.2, 0.25) is 0 Å². The van der Waals surface area contributed by atoms with Crippen LogP contribution in [0.15, 0.2) is 53.6 Å². The minimum atomic E-state index is -0.862. The van der Waals surface area contributed by atoms with Gasteiger partial charge in [-0.25, -0.2) is 0 Å². The first-order valence-corrected chi connectivity index (χ1v) is 15.3. The monoisotopic (exact) mass is 616 g/mol. The van der Waals surface area contributed by atoms with Crippen molar-refractivity contribution in [3.63, 3.8) is 0 Å². The van der Waals surface area contributed by atoms with Gasteiger partial charge in [0.15, 0.2) is 23.0 Å². The second-order valence-corrected chi connectivity index (χ2v) is 12.0. The molecule has 3 atom stereocenters. The van der Waals surface area contributed by atoms with E-state index in [1.807, 2.05) is 6.21 Å². The predicted octanol–water partition coefficient (Wildman–Crippen LogP) is 4.36. The summed E-state index contributed by atoms with van der Waals surface area (Å²) in [6.07, 6.45) is 4.63. The number of unbranched alkanes of at least 4 members (excludes halogenated alkanes) is 2. The summed E-state index contributed by atoms with van der Waals surface area (Å²) < 4.78 is 23.3. The lowest BCUT2D eigenvalue weighted by atomic mass is 10.1. The number of anilines is 1. The van der Waals surface area contributed by atoms with Crippen LogP contribution in [0.4, 0.5) is 11.4 Å². The third kappa shape index (κ3) is 5.72. The zero-order chi connectivity index (χ0) is 31.8. The number of carbonyl (C=O) groups excluding carboxylic acids is 2. The number of nitrogens with zero attached hydrogens (tertiary/aromatic N) is 4. The van der Waals surface area contributed by atoms with Gasteiger partial charge >= 0.3 is 0 Å². The number of fused-ring (bicyclic) bond motifs is 4. The van der Waals surface area contributed by atoms with Gasteiger partial charge < -0.3 is 38.8 Å². The zero-order valence-corrected chi connectivity index (χ0v) is 26.1. The molecule has 11 nitrogen and oxygen atoms in total. The van der Waals surface area contributed by atoms with Gasteiger partial charge in [-0.05, 0) is 44.2 Å². The highest BCUT2D eigenvalue weighted by Crippen LogP contribution is 2.41. The molecule has 6 rings (SSSR count). The van der Waals surface area contributed by atoms with E-state index in [2.05, 4.69) is 18.2 Å². The Balaban J connectivity index is 1.04. The maximum absolute atomic E-state index is 13.4. The third-order valence-electron chi connectivity index (χ3n) is 8.94. The van der Waals surface area contributed by atoms with Gasteiger partial charge in [0.1, 0.15) is 6.23 Å². The summed E-state index contributed by atoms with van der Waals surface area (Å²) in [5.74, 6) is 1.78. The maximum atomic E-state index is 13.4. The molecule has 0 spiro atoms. The number of aliphatic hydroxyl groups excluding tert-OH is 1. The van der Waals surface area contributed by atoms with Crippen LogP contribution in [-0.4, -0.2) is 98.8 Å². The molecule has 2 saturated heterocycles. The number of benzene rings is 2. The summed E-state index contributed by atoms with van der Waals surface area (Å²) in [4.78, 5) is 36.4. The van der Waals surface area contributed by atoms with Crippen molar-refractivity contribution in [1.82, 2.24) is 9.80 Å². The van der Waals surface area contributed by atoms with Crippen LogP contribution in [0.1, 0.15) is 52.8 Å². The van der Waals surface area contributed by atoms with Crippen molar-refractivity contribution in [3.05, 3.63) is 59.7 Å². The van der Waals surface area contributed by atoms with Crippen molar-refractivity contribution in [2.24, 2.45) is 4.99 Å². The second kappa shape index (κ2) is 12.5. The Morgan fingerprint density at radius 1 is 0.822 bits per heavy atom. The summed E-state index contributed by atoms with van der Waals surface area (Å²) >= 11 is 0. The molecule has 0 aliphatic carbocycles. The van der Waals surface area contributed by atoms with Crippen LogP contribution in [0.3, 0.4) is 0 Å². The fraction of sp³-hybridized carbons (Fsp3) is 0.441. The third-order valence-corrected chi connectivity index (χ3v) is 8.94. The van der Waals surface area contributed by atoms with Crippen molar-refractivity contribution in [2.75, 3.05) is 52.5 Å². The number of rotatable bonds is 10. The van der Waals surface area contributed by atoms with Crippen LogP contribution >= 0.6 is 0 Å². The number of hydrogen-bond acceptors (Lipinski definition) is 9. The standard InChI is InChI=1S/C34H40N4O7/c1-20-11-22-17-35-25-15-30(28(42-4)13-23(25)32(39)37(22)18-20)44-9-7-6-8-10-45-31-16-26-24(14-29(31)43-5)33(40)38-19-21(2)12-27(38)34(41)36(26)3/h13-17,22,27,34,41H,1-2,6-12,18-19H2,3-5H3/t22-,27-,34-/m0/s1. The van der Waals surface area contributed by atoms with Crippen molar-refractivity contribution in [3.8, 4) is 23.0 Å². The largest absolute Gasteiger partial charge is 0.493 e. The average Bonchev–Trinajstić information content (AvgIpc) is 3.58. The van der Waals surface area contributed by atoms with E-state index >= 15 is 0 Å². The normalized spacial score (nSPS) is 22.0. The number of amides is 2. The number of hydrogen-bond donors (Lipinski definition) is 1. The Morgan fingerprint density at radius 3 is 2.11 bits per heavy atom. The summed E-state index contributed by atoms with van der Waals surface area (Å²) in [6, 6.07) is 6.52. The number of ether oxygens (including phenoxy) is 4. The number of aliphatic hydroxyl groups is 1. The van der Waals surface area contributed by atoms with Gasteiger partial charge in [-0.2, -0.15) is 0 Å². The average molecular weight is 617 g/mol. The minimum absolute atomic E-state index is 0.0747. The van der Waals surface area contributed by atoms with Crippen molar-refractivity contribution in [2.45, 2.75) is 50.4 Å². The van der Waals surface area contributed by atoms with Gasteiger partial charge in [0.05, 0.1) is 62.0 Å². The van der Waals surface area contributed by atoms with Crippen molar-refractivity contribution in [1.29, 1.82) is 0 Å². The Labute approximate surface area is 263 Å².